The quantitative estimate of drug-likeness (QED) is 0.750. The van der Waals surface area contributed by atoms with Crippen molar-refractivity contribution in [3.8, 4) is 10.7 Å². The minimum absolute atomic E-state index is 0.309. The molecule has 0 aliphatic carbocycles. The molecule has 3 aromatic heterocycles. The van der Waals surface area contributed by atoms with Gasteiger partial charge in [-0.25, -0.2) is 0 Å². The van der Waals surface area contributed by atoms with Gasteiger partial charge in [0, 0.05) is 6.54 Å². The first-order valence-electron chi connectivity index (χ1n) is 6.80. The van der Waals surface area contributed by atoms with Gasteiger partial charge < -0.3 is 10.4 Å². The number of nitrogens with one attached hydrogen (secondary N) is 1. The molecular formula is C14H15N5O2S. The van der Waals surface area contributed by atoms with E-state index in [9.17, 15) is 4.79 Å². The number of hydrogen-bond acceptors (Lipinski definition) is 6. The summed E-state index contributed by atoms with van der Waals surface area (Å²) in [5.41, 5.74) is 1.62. The van der Waals surface area contributed by atoms with Crippen molar-refractivity contribution in [1.82, 2.24) is 19.8 Å². The van der Waals surface area contributed by atoms with Gasteiger partial charge in [0.2, 0.25) is 0 Å². The van der Waals surface area contributed by atoms with Gasteiger partial charge in [-0.05, 0) is 30.0 Å². The van der Waals surface area contributed by atoms with Crippen molar-refractivity contribution in [3.05, 3.63) is 29.1 Å². The number of aliphatic carboxylic acids is 1. The topological polar surface area (TPSA) is 92.4 Å². The highest BCUT2D eigenvalue weighted by molar-refractivity contribution is 7.13. The summed E-state index contributed by atoms with van der Waals surface area (Å²) in [4.78, 5) is 11.9. The average molecular weight is 317 g/mol. The molecule has 0 aliphatic rings. The fourth-order valence-electron chi connectivity index (χ4n) is 2.02. The van der Waals surface area contributed by atoms with Gasteiger partial charge in [-0.15, -0.1) is 26.6 Å². The molecule has 8 heteroatoms. The molecule has 3 heterocycles. The molecule has 7 nitrogen and oxygen atoms in total. The minimum atomic E-state index is -0.839. The van der Waals surface area contributed by atoms with Gasteiger partial charge in [0.05, 0.1) is 10.8 Å². The summed E-state index contributed by atoms with van der Waals surface area (Å²) in [5.74, 6) is -0.0388. The molecule has 0 fully saturated rings. The first-order chi connectivity index (χ1) is 10.6. The number of rotatable bonds is 5. The van der Waals surface area contributed by atoms with Crippen LogP contribution >= 0.6 is 11.3 Å². The van der Waals surface area contributed by atoms with Gasteiger partial charge in [0.1, 0.15) is 5.82 Å². The second-order valence-corrected chi connectivity index (χ2v) is 6.02. The molecule has 3 aromatic rings. The second kappa shape index (κ2) is 5.72. The Balaban J connectivity index is 1.96. The lowest BCUT2D eigenvalue weighted by molar-refractivity contribution is -0.140. The van der Waals surface area contributed by atoms with Crippen molar-refractivity contribution in [1.29, 1.82) is 0 Å². The summed E-state index contributed by atoms with van der Waals surface area (Å²) in [5, 5.41) is 26.8. The molecule has 0 bridgehead atoms. The first-order valence-corrected chi connectivity index (χ1v) is 7.68. The van der Waals surface area contributed by atoms with Gasteiger partial charge in [-0.3, -0.25) is 4.79 Å². The van der Waals surface area contributed by atoms with Gasteiger partial charge in [-0.1, -0.05) is 13.0 Å². The highest BCUT2D eigenvalue weighted by atomic mass is 32.1. The lowest BCUT2D eigenvalue weighted by Crippen LogP contribution is -2.20. The van der Waals surface area contributed by atoms with Crippen LogP contribution in [0.5, 0.6) is 0 Å². The summed E-state index contributed by atoms with van der Waals surface area (Å²) in [6, 6.07) is 5.76. The molecule has 0 radical (unpaired) electrons. The molecular weight excluding hydrogens is 302 g/mol. The number of carbonyl (C=O) groups is 1. The number of aryl methyl sites for hydroxylation is 1. The van der Waals surface area contributed by atoms with E-state index in [4.69, 9.17) is 5.11 Å². The van der Waals surface area contributed by atoms with Gasteiger partial charge in [0.25, 0.3) is 0 Å². The van der Waals surface area contributed by atoms with Crippen molar-refractivity contribution in [2.75, 3.05) is 11.9 Å². The zero-order valence-corrected chi connectivity index (χ0v) is 13.0. The average Bonchev–Trinajstić information content (AvgIpc) is 3.13. The molecule has 22 heavy (non-hydrogen) atoms. The van der Waals surface area contributed by atoms with Gasteiger partial charge in [0.15, 0.2) is 11.5 Å². The molecule has 3 rings (SSSR count). The van der Waals surface area contributed by atoms with E-state index >= 15 is 0 Å². The van der Waals surface area contributed by atoms with E-state index in [1.807, 2.05) is 30.5 Å². The molecule has 0 spiro atoms. The van der Waals surface area contributed by atoms with Gasteiger partial charge in [-0.2, -0.15) is 4.52 Å². The highest BCUT2D eigenvalue weighted by Crippen LogP contribution is 2.24. The number of aromatic nitrogens is 4. The highest BCUT2D eigenvalue weighted by Gasteiger charge is 2.15. The maximum absolute atomic E-state index is 10.9. The third kappa shape index (κ3) is 2.64. The van der Waals surface area contributed by atoms with Crippen molar-refractivity contribution in [3.63, 3.8) is 0 Å². The van der Waals surface area contributed by atoms with Crippen LogP contribution in [0.1, 0.15) is 12.5 Å². The van der Waals surface area contributed by atoms with Crippen LogP contribution in [0, 0.1) is 12.8 Å². The van der Waals surface area contributed by atoms with Crippen LogP contribution in [0.15, 0.2) is 23.6 Å². The number of nitrogens with zero attached hydrogens (tertiary/aromatic N) is 4. The maximum Gasteiger partial charge on any atom is 0.308 e. The Morgan fingerprint density at radius 1 is 1.50 bits per heavy atom. The van der Waals surface area contributed by atoms with Crippen molar-refractivity contribution < 1.29 is 9.90 Å². The monoisotopic (exact) mass is 317 g/mol. The van der Waals surface area contributed by atoms with Crippen LogP contribution in [0.2, 0.25) is 0 Å². The molecule has 0 amide bonds. The Kier molecular flexibility index (Phi) is 3.76. The van der Waals surface area contributed by atoms with E-state index < -0.39 is 11.9 Å². The zero-order chi connectivity index (χ0) is 15.7. The molecule has 114 valence electrons. The van der Waals surface area contributed by atoms with E-state index in [0.717, 1.165) is 10.4 Å². The van der Waals surface area contributed by atoms with Crippen LogP contribution in [0.3, 0.4) is 0 Å². The van der Waals surface area contributed by atoms with E-state index in [-0.39, 0.29) is 0 Å². The number of carboxylic acids is 1. The molecule has 2 N–H and O–H groups in total. The third-order valence-corrected chi connectivity index (χ3v) is 4.17. The lowest BCUT2D eigenvalue weighted by atomic mass is 10.2. The third-order valence-electron chi connectivity index (χ3n) is 3.31. The second-order valence-electron chi connectivity index (χ2n) is 5.07. The lowest BCUT2D eigenvalue weighted by Gasteiger charge is -2.10. The summed E-state index contributed by atoms with van der Waals surface area (Å²) in [7, 11) is 0. The Bertz CT molecular complexity index is 812. The Labute approximate surface area is 130 Å². The first kappa shape index (κ1) is 14.5. The van der Waals surface area contributed by atoms with Crippen molar-refractivity contribution in [2.45, 2.75) is 13.8 Å². The molecule has 0 saturated carbocycles. The van der Waals surface area contributed by atoms with Crippen LogP contribution in [-0.4, -0.2) is 37.4 Å². The molecule has 0 saturated heterocycles. The number of fused-ring (bicyclic) bond motifs is 1. The zero-order valence-electron chi connectivity index (χ0n) is 12.1. The smallest absolute Gasteiger partial charge is 0.308 e. The van der Waals surface area contributed by atoms with Crippen molar-refractivity contribution in [2.24, 2.45) is 5.92 Å². The predicted octanol–water partition coefficient (Wildman–Crippen LogP) is 2.29. The van der Waals surface area contributed by atoms with Crippen LogP contribution in [0.25, 0.3) is 16.3 Å². The van der Waals surface area contributed by atoms with Gasteiger partial charge >= 0.3 is 5.97 Å². The molecule has 1 unspecified atom stereocenters. The summed E-state index contributed by atoms with van der Waals surface area (Å²) in [6.45, 7) is 3.88. The number of anilines is 1. The molecule has 0 aliphatic heterocycles. The SMILES string of the molecule is Cc1cc(NCC(C)C(=O)O)nn2c(-c3cccs3)nnc12. The van der Waals surface area contributed by atoms with Crippen molar-refractivity contribution >= 4 is 28.8 Å². The summed E-state index contributed by atoms with van der Waals surface area (Å²) < 4.78 is 1.69. The largest absolute Gasteiger partial charge is 0.481 e. The Morgan fingerprint density at radius 3 is 3.00 bits per heavy atom. The number of carboxylic acid groups (broad SMARTS) is 1. The van der Waals surface area contributed by atoms with E-state index in [0.29, 0.717) is 23.8 Å². The fraction of sp³-hybridized carbons (Fsp3) is 0.286. The standard InChI is InChI=1S/C14H15N5O2S/c1-8-6-11(15-7-9(2)14(20)21)18-19-12(8)16-17-13(19)10-4-3-5-22-10/h3-6,9H,7H2,1-2H3,(H,15,18)(H,20,21). The fourth-order valence-corrected chi connectivity index (χ4v) is 2.71. The van der Waals surface area contributed by atoms with E-state index in [2.05, 4.69) is 20.6 Å². The van der Waals surface area contributed by atoms with Crippen LogP contribution < -0.4 is 5.32 Å². The van der Waals surface area contributed by atoms with Crippen LogP contribution in [0.4, 0.5) is 5.82 Å². The number of thiophene rings is 1. The summed E-state index contributed by atoms with van der Waals surface area (Å²) >= 11 is 1.57. The maximum atomic E-state index is 10.9. The summed E-state index contributed by atoms with van der Waals surface area (Å²) in [6.07, 6.45) is 0. The normalized spacial score (nSPS) is 12.5. The molecule has 0 aromatic carbocycles. The number of hydrogen-bond donors (Lipinski definition) is 2. The van der Waals surface area contributed by atoms with E-state index in [1.54, 1.807) is 22.8 Å². The van der Waals surface area contributed by atoms with Crippen LogP contribution in [-0.2, 0) is 4.79 Å². The Morgan fingerprint density at radius 2 is 2.32 bits per heavy atom. The minimum Gasteiger partial charge on any atom is -0.481 e. The molecule has 1 atom stereocenters. The van der Waals surface area contributed by atoms with E-state index in [1.165, 1.54) is 0 Å². The predicted molar refractivity (Wildman–Crippen MR) is 84.1 cm³/mol. The Hall–Kier alpha value is -2.48.